The quantitative estimate of drug-likeness (QED) is 0.456. The van der Waals surface area contributed by atoms with Crippen LogP contribution in [0.15, 0.2) is 18.2 Å². The number of rotatable bonds is 7. The second-order valence-electron chi connectivity index (χ2n) is 3.89. The van der Waals surface area contributed by atoms with E-state index in [-0.39, 0.29) is 16.5 Å². The molecule has 0 spiro atoms. The maximum atomic E-state index is 13.6. The molecule has 0 bridgehead atoms. The largest absolute Gasteiger partial charge is 0.466 e. The molecule has 19 heavy (non-hydrogen) atoms. The van der Waals surface area contributed by atoms with Crippen LogP contribution >= 0.6 is 12.2 Å². The third kappa shape index (κ3) is 5.21. The van der Waals surface area contributed by atoms with E-state index in [9.17, 15) is 9.18 Å². The molecule has 6 heteroatoms. The molecule has 4 nitrogen and oxygen atoms in total. The van der Waals surface area contributed by atoms with E-state index in [1.807, 2.05) is 0 Å². The first kappa shape index (κ1) is 15.4. The van der Waals surface area contributed by atoms with Gasteiger partial charge in [-0.1, -0.05) is 12.2 Å². The lowest BCUT2D eigenvalue weighted by molar-refractivity contribution is -0.143. The van der Waals surface area contributed by atoms with Gasteiger partial charge in [0.25, 0.3) is 0 Å². The normalized spacial score (nSPS) is 10.0. The summed E-state index contributed by atoms with van der Waals surface area (Å²) < 4.78 is 18.4. The maximum Gasteiger partial charge on any atom is 0.305 e. The Hall–Kier alpha value is -1.69. The highest BCUT2D eigenvalue weighted by molar-refractivity contribution is 7.80. The molecule has 3 N–H and O–H groups in total. The van der Waals surface area contributed by atoms with Gasteiger partial charge in [-0.15, -0.1) is 0 Å². The van der Waals surface area contributed by atoms with Crippen LogP contribution in [-0.2, 0) is 9.53 Å². The van der Waals surface area contributed by atoms with Crippen molar-refractivity contribution in [2.24, 2.45) is 5.73 Å². The van der Waals surface area contributed by atoms with Crippen molar-refractivity contribution in [2.75, 3.05) is 18.5 Å². The van der Waals surface area contributed by atoms with Gasteiger partial charge in [0, 0.05) is 24.2 Å². The maximum absolute atomic E-state index is 13.6. The summed E-state index contributed by atoms with van der Waals surface area (Å²) in [4.78, 5) is 11.1. The molecule has 0 atom stereocenters. The van der Waals surface area contributed by atoms with E-state index in [1.165, 1.54) is 12.1 Å². The summed E-state index contributed by atoms with van der Waals surface area (Å²) in [7, 11) is 0. The molecule has 0 heterocycles. The van der Waals surface area contributed by atoms with Crippen LogP contribution in [0, 0.1) is 5.82 Å². The smallest absolute Gasteiger partial charge is 0.305 e. The molecular formula is C13H17FN2O2S. The number of carbonyl (C=O) groups excluding carboxylic acids is 1. The van der Waals surface area contributed by atoms with E-state index in [4.69, 9.17) is 22.7 Å². The van der Waals surface area contributed by atoms with Crippen molar-refractivity contribution in [2.45, 2.75) is 19.8 Å². The summed E-state index contributed by atoms with van der Waals surface area (Å²) in [6.45, 7) is 2.71. The van der Waals surface area contributed by atoms with Crippen molar-refractivity contribution < 1.29 is 13.9 Å². The van der Waals surface area contributed by atoms with E-state index in [0.717, 1.165) is 0 Å². The molecular weight excluding hydrogens is 267 g/mol. The number of thiocarbonyl (C=S) groups is 1. The zero-order valence-electron chi connectivity index (χ0n) is 10.7. The molecule has 0 fully saturated rings. The molecule has 1 aromatic rings. The third-order valence-electron chi connectivity index (χ3n) is 2.43. The Kier molecular flexibility index (Phi) is 6.21. The van der Waals surface area contributed by atoms with Crippen LogP contribution in [0.3, 0.4) is 0 Å². The van der Waals surface area contributed by atoms with E-state index in [0.29, 0.717) is 31.7 Å². The standard InChI is InChI=1S/C13H17FN2O2S/c1-2-18-12(17)4-3-7-16-9-5-6-10(13(15)19)11(14)8-9/h5-6,8,16H,2-4,7H2,1H3,(H2,15,19). The number of hydrogen-bond acceptors (Lipinski definition) is 4. The Balaban J connectivity index is 2.40. The monoisotopic (exact) mass is 284 g/mol. The van der Waals surface area contributed by atoms with Gasteiger partial charge in [-0.05, 0) is 31.5 Å². The minimum atomic E-state index is -0.456. The number of hydrogen-bond donors (Lipinski definition) is 2. The molecule has 0 unspecified atom stereocenters. The zero-order valence-corrected chi connectivity index (χ0v) is 11.6. The Labute approximate surface area is 117 Å². The van der Waals surface area contributed by atoms with Crippen LogP contribution in [-0.4, -0.2) is 24.1 Å². The predicted molar refractivity (Wildman–Crippen MR) is 76.6 cm³/mol. The van der Waals surface area contributed by atoms with Crippen molar-refractivity contribution in [3.8, 4) is 0 Å². The van der Waals surface area contributed by atoms with Crippen molar-refractivity contribution in [3.05, 3.63) is 29.6 Å². The lowest BCUT2D eigenvalue weighted by Crippen LogP contribution is -2.12. The number of carbonyl (C=O) groups is 1. The summed E-state index contributed by atoms with van der Waals surface area (Å²) >= 11 is 4.72. The molecule has 0 amide bonds. The van der Waals surface area contributed by atoms with Crippen molar-refractivity contribution in [3.63, 3.8) is 0 Å². The van der Waals surface area contributed by atoms with Gasteiger partial charge in [0.2, 0.25) is 0 Å². The van der Waals surface area contributed by atoms with E-state index in [2.05, 4.69) is 5.32 Å². The second-order valence-corrected chi connectivity index (χ2v) is 4.33. The van der Waals surface area contributed by atoms with Crippen molar-refractivity contribution in [1.82, 2.24) is 0 Å². The average molecular weight is 284 g/mol. The summed E-state index contributed by atoms with van der Waals surface area (Å²) in [6.07, 6.45) is 0.964. The van der Waals surface area contributed by atoms with Crippen LogP contribution in [0.25, 0.3) is 0 Å². The third-order valence-corrected chi connectivity index (χ3v) is 2.65. The van der Waals surface area contributed by atoms with Crippen LogP contribution in [0.1, 0.15) is 25.3 Å². The number of anilines is 1. The minimum Gasteiger partial charge on any atom is -0.466 e. The SMILES string of the molecule is CCOC(=O)CCCNc1ccc(C(N)=S)c(F)c1. The van der Waals surface area contributed by atoms with Gasteiger partial charge in [0.05, 0.1) is 6.61 Å². The number of esters is 1. The molecule has 1 rings (SSSR count). The van der Waals surface area contributed by atoms with Crippen molar-refractivity contribution in [1.29, 1.82) is 0 Å². The molecule has 0 radical (unpaired) electrons. The fraction of sp³-hybridized carbons (Fsp3) is 0.385. The lowest BCUT2D eigenvalue weighted by atomic mass is 10.2. The Morgan fingerprint density at radius 3 is 2.84 bits per heavy atom. The first-order chi connectivity index (χ1) is 9.04. The second kappa shape index (κ2) is 7.68. The van der Waals surface area contributed by atoms with Gasteiger partial charge < -0.3 is 15.8 Å². The van der Waals surface area contributed by atoms with Gasteiger partial charge in [-0.25, -0.2) is 4.39 Å². The van der Waals surface area contributed by atoms with Crippen molar-refractivity contribution >= 4 is 28.9 Å². The van der Waals surface area contributed by atoms with E-state index < -0.39 is 5.82 Å². The van der Waals surface area contributed by atoms with Crippen LogP contribution in [0.2, 0.25) is 0 Å². The van der Waals surface area contributed by atoms with Gasteiger partial charge in [0.15, 0.2) is 0 Å². The summed E-state index contributed by atoms with van der Waals surface area (Å²) in [5.41, 5.74) is 6.22. The molecule has 0 saturated carbocycles. The van der Waals surface area contributed by atoms with Gasteiger partial charge in [0.1, 0.15) is 10.8 Å². The molecule has 0 aliphatic heterocycles. The Morgan fingerprint density at radius 2 is 2.26 bits per heavy atom. The van der Waals surface area contributed by atoms with Crippen LogP contribution < -0.4 is 11.1 Å². The highest BCUT2D eigenvalue weighted by Crippen LogP contribution is 2.14. The van der Waals surface area contributed by atoms with Gasteiger partial charge >= 0.3 is 5.97 Å². The number of nitrogens with one attached hydrogen (secondary N) is 1. The number of ether oxygens (including phenoxy) is 1. The molecule has 0 saturated heterocycles. The molecule has 1 aromatic carbocycles. The number of halogens is 1. The number of benzene rings is 1. The zero-order chi connectivity index (χ0) is 14.3. The predicted octanol–water partition coefficient (Wildman–Crippen LogP) is 2.22. The molecule has 0 aliphatic rings. The van der Waals surface area contributed by atoms with Crippen LogP contribution in [0.4, 0.5) is 10.1 Å². The highest BCUT2D eigenvalue weighted by atomic mass is 32.1. The number of nitrogens with two attached hydrogens (primary N) is 1. The van der Waals surface area contributed by atoms with Gasteiger partial charge in [-0.3, -0.25) is 4.79 Å². The summed E-state index contributed by atoms with van der Waals surface area (Å²) in [6, 6.07) is 4.56. The highest BCUT2D eigenvalue weighted by Gasteiger charge is 2.06. The first-order valence-corrected chi connectivity index (χ1v) is 6.44. The average Bonchev–Trinajstić information content (AvgIpc) is 2.34. The van der Waals surface area contributed by atoms with Crippen LogP contribution in [0.5, 0.6) is 0 Å². The van der Waals surface area contributed by atoms with E-state index >= 15 is 0 Å². The van der Waals surface area contributed by atoms with Gasteiger partial charge in [-0.2, -0.15) is 0 Å². The molecule has 0 aromatic heterocycles. The molecule has 0 aliphatic carbocycles. The lowest BCUT2D eigenvalue weighted by Gasteiger charge is -2.08. The minimum absolute atomic E-state index is 0.0337. The summed E-state index contributed by atoms with van der Waals surface area (Å²) in [5, 5.41) is 3.02. The van der Waals surface area contributed by atoms with E-state index in [1.54, 1.807) is 13.0 Å². The fourth-order valence-electron chi connectivity index (χ4n) is 1.52. The first-order valence-electron chi connectivity index (χ1n) is 6.03. The topological polar surface area (TPSA) is 64.3 Å². The molecule has 104 valence electrons. The Morgan fingerprint density at radius 1 is 1.53 bits per heavy atom. The Bertz CT molecular complexity index is 466. The summed E-state index contributed by atoms with van der Waals surface area (Å²) in [5.74, 6) is -0.679. The fourth-order valence-corrected chi connectivity index (χ4v) is 1.69.